The van der Waals surface area contributed by atoms with Crippen molar-refractivity contribution in [1.29, 1.82) is 0 Å². The van der Waals surface area contributed by atoms with Crippen molar-refractivity contribution in [2.45, 2.75) is 63.3 Å². The number of para-hydroxylation sites is 1. The minimum atomic E-state index is 0.142. The fourth-order valence-corrected chi connectivity index (χ4v) is 4.30. The number of rotatable bonds is 7. The highest BCUT2D eigenvalue weighted by Crippen LogP contribution is 2.30. The molecule has 3 rings (SSSR count). The molecule has 1 fully saturated rings. The molecule has 0 saturated heterocycles. The molecule has 0 bridgehead atoms. The van der Waals surface area contributed by atoms with Gasteiger partial charge in [-0.2, -0.15) is 0 Å². The molecule has 1 saturated carbocycles. The Morgan fingerprint density at radius 1 is 1.15 bits per heavy atom. The number of hydrogen-bond acceptors (Lipinski definition) is 2. The lowest BCUT2D eigenvalue weighted by Crippen LogP contribution is -2.52. The van der Waals surface area contributed by atoms with Crippen molar-refractivity contribution in [2.24, 2.45) is 0 Å². The highest BCUT2D eigenvalue weighted by molar-refractivity contribution is 5.83. The van der Waals surface area contributed by atoms with Crippen molar-refractivity contribution in [3.8, 4) is 0 Å². The zero-order valence-electron chi connectivity index (χ0n) is 16.3. The molecule has 1 aliphatic carbocycles. The maximum atomic E-state index is 12.4. The molecule has 1 amide bonds. The summed E-state index contributed by atoms with van der Waals surface area (Å²) >= 11 is 0. The lowest BCUT2D eigenvalue weighted by molar-refractivity contribution is -0.121. The standard InChI is InChI=1S/C22H33N3O/c1-25(2)22(14-7-3-4-8-15-22)17-24-21(26)13-9-10-18-16-23-20-12-6-5-11-19(18)20/h5-6,11-12,16,23H,3-4,7-10,13-15,17H2,1-2H3,(H,24,26). The highest BCUT2D eigenvalue weighted by atomic mass is 16.1. The first-order valence-electron chi connectivity index (χ1n) is 10.1. The minimum Gasteiger partial charge on any atom is -0.361 e. The summed E-state index contributed by atoms with van der Waals surface area (Å²) in [6.07, 6.45) is 12.1. The Labute approximate surface area is 157 Å². The van der Waals surface area contributed by atoms with Gasteiger partial charge in [-0.25, -0.2) is 0 Å². The number of aromatic nitrogens is 1. The molecule has 0 unspecified atom stereocenters. The van der Waals surface area contributed by atoms with Gasteiger partial charge in [-0.1, -0.05) is 43.9 Å². The zero-order valence-corrected chi connectivity index (χ0v) is 16.3. The normalized spacial score (nSPS) is 17.3. The second-order valence-electron chi connectivity index (χ2n) is 8.02. The van der Waals surface area contributed by atoms with Gasteiger partial charge in [0.2, 0.25) is 5.91 Å². The number of fused-ring (bicyclic) bond motifs is 1. The second-order valence-corrected chi connectivity index (χ2v) is 8.02. The van der Waals surface area contributed by atoms with Crippen molar-refractivity contribution in [3.05, 3.63) is 36.0 Å². The molecular weight excluding hydrogens is 322 g/mol. The van der Waals surface area contributed by atoms with Crippen LogP contribution >= 0.6 is 0 Å². The Hall–Kier alpha value is -1.81. The van der Waals surface area contributed by atoms with Crippen LogP contribution in [0.4, 0.5) is 0 Å². The number of amides is 1. The highest BCUT2D eigenvalue weighted by Gasteiger charge is 2.33. The summed E-state index contributed by atoms with van der Waals surface area (Å²) in [5.41, 5.74) is 2.62. The first kappa shape index (κ1) is 19.0. The van der Waals surface area contributed by atoms with Crippen LogP contribution in [0.15, 0.2) is 30.5 Å². The fourth-order valence-electron chi connectivity index (χ4n) is 4.30. The monoisotopic (exact) mass is 355 g/mol. The van der Waals surface area contributed by atoms with Gasteiger partial charge in [0.05, 0.1) is 0 Å². The number of benzene rings is 1. The fraction of sp³-hybridized carbons (Fsp3) is 0.591. The SMILES string of the molecule is CN(C)C1(CNC(=O)CCCc2c[nH]c3ccccc23)CCCCCC1. The van der Waals surface area contributed by atoms with Gasteiger partial charge in [-0.15, -0.1) is 0 Å². The van der Waals surface area contributed by atoms with Crippen LogP contribution in [0.2, 0.25) is 0 Å². The molecule has 0 radical (unpaired) electrons. The molecule has 26 heavy (non-hydrogen) atoms. The van der Waals surface area contributed by atoms with Gasteiger partial charge in [0.1, 0.15) is 0 Å². The van der Waals surface area contributed by atoms with Gasteiger partial charge in [0.25, 0.3) is 0 Å². The Bertz CT molecular complexity index is 711. The van der Waals surface area contributed by atoms with Gasteiger partial charge in [-0.05, 0) is 51.4 Å². The molecule has 1 heterocycles. The van der Waals surface area contributed by atoms with E-state index in [1.54, 1.807) is 0 Å². The number of nitrogens with zero attached hydrogens (tertiary/aromatic N) is 1. The maximum Gasteiger partial charge on any atom is 0.220 e. The topological polar surface area (TPSA) is 48.1 Å². The zero-order chi connectivity index (χ0) is 18.4. The first-order chi connectivity index (χ1) is 12.6. The van der Waals surface area contributed by atoms with E-state index in [1.165, 1.54) is 55.0 Å². The average molecular weight is 356 g/mol. The van der Waals surface area contributed by atoms with Crippen LogP contribution in [0.25, 0.3) is 10.9 Å². The van der Waals surface area contributed by atoms with Crippen LogP contribution in [0, 0.1) is 0 Å². The molecule has 1 aromatic carbocycles. The summed E-state index contributed by atoms with van der Waals surface area (Å²) in [5, 5.41) is 4.51. The molecule has 4 nitrogen and oxygen atoms in total. The van der Waals surface area contributed by atoms with E-state index < -0.39 is 0 Å². The van der Waals surface area contributed by atoms with Crippen LogP contribution in [-0.2, 0) is 11.2 Å². The van der Waals surface area contributed by atoms with Crippen LogP contribution < -0.4 is 5.32 Å². The van der Waals surface area contributed by atoms with E-state index in [0.717, 1.165) is 19.4 Å². The first-order valence-corrected chi connectivity index (χ1v) is 10.1. The Kier molecular flexibility index (Phi) is 6.36. The van der Waals surface area contributed by atoms with E-state index in [4.69, 9.17) is 0 Å². The summed E-state index contributed by atoms with van der Waals surface area (Å²) in [5.74, 6) is 0.190. The number of likely N-dealkylation sites (N-methyl/N-ethyl adjacent to an activating group) is 1. The largest absolute Gasteiger partial charge is 0.361 e. The Morgan fingerprint density at radius 3 is 2.62 bits per heavy atom. The van der Waals surface area contributed by atoms with Gasteiger partial charge >= 0.3 is 0 Å². The van der Waals surface area contributed by atoms with Crippen LogP contribution in [0.1, 0.15) is 56.9 Å². The Morgan fingerprint density at radius 2 is 1.88 bits per heavy atom. The van der Waals surface area contributed by atoms with Gasteiger partial charge in [-0.3, -0.25) is 4.79 Å². The van der Waals surface area contributed by atoms with Gasteiger partial charge < -0.3 is 15.2 Å². The molecule has 1 aromatic heterocycles. The van der Waals surface area contributed by atoms with Crippen molar-refractivity contribution in [1.82, 2.24) is 15.2 Å². The molecule has 0 atom stereocenters. The number of H-pyrrole nitrogens is 1. The summed E-state index contributed by atoms with van der Waals surface area (Å²) < 4.78 is 0. The maximum absolute atomic E-state index is 12.4. The summed E-state index contributed by atoms with van der Waals surface area (Å²) in [6, 6.07) is 8.36. The van der Waals surface area contributed by atoms with Crippen molar-refractivity contribution in [3.63, 3.8) is 0 Å². The third-order valence-corrected chi connectivity index (χ3v) is 6.12. The smallest absolute Gasteiger partial charge is 0.220 e. The molecule has 2 N–H and O–H groups in total. The van der Waals surface area contributed by atoms with Gasteiger partial charge in [0, 0.05) is 35.6 Å². The second kappa shape index (κ2) is 8.72. The van der Waals surface area contributed by atoms with E-state index in [-0.39, 0.29) is 11.4 Å². The van der Waals surface area contributed by atoms with E-state index in [1.807, 2.05) is 6.07 Å². The molecule has 1 aliphatic rings. The minimum absolute atomic E-state index is 0.142. The molecule has 142 valence electrons. The number of hydrogen-bond donors (Lipinski definition) is 2. The predicted octanol–water partition coefficient (Wildman–Crippen LogP) is 4.26. The van der Waals surface area contributed by atoms with Crippen LogP contribution in [-0.4, -0.2) is 42.0 Å². The van der Waals surface area contributed by atoms with Crippen LogP contribution in [0.3, 0.4) is 0 Å². The molecule has 0 aliphatic heterocycles. The molecule has 0 spiro atoms. The van der Waals surface area contributed by atoms with E-state index in [9.17, 15) is 4.79 Å². The van der Waals surface area contributed by atoms with Crippen molar-refractivity contribution < 1.29 is 4.79 Å². The van der Waals surface area contributed by atoms with Crippen molar-refractivity contribution in [2.75, 3.05) is 20.6 Å². The third kappa shape index (κ3) is 4.47. The summed E-state index contributed by atoms with van der Waals surface area (Å²) in [4.78, 5) is 18.0. The van der Waals surface area contributed by atoms with Crippen LogP contribution in [0.5, 0.6) is 0 Å². The number of carbonyl (C=O) groups excluding carboxylic acids is 1. The number of aryl methyl sites for hydroxylation is 1. The lowest BCUT2D eigenvalue weighted by Gasteiger charge is -2.39. The summed E-state index contributed by atoms with van der Waals surface area (Å²) in [6.45, 7) is 0.784. The molecular formula is C22H33N3O. The Balaban J connectivity index is 1.47. The summed E-state index contributed by atoms with van der Waals surface area (Å²) in [7, 11) is 4.32. The van der Waals surface area contributed by atoms with E-state index in [0.29, 0.717) is 6.42 Å². The molecule has 4 heteroatoms. The number of carbonyl (C=O) groups is 1. The van der Waals surface area contributed by atoms with E-state index in [2.05, 4.69) is 53.7 Å². The quantitative estimate of drug-likeness (QED) is 0.729. The number of nitrogens with one attached hydrogen (secondary N) is 2. The lowest BCUT2D eigenvalue weighted by atomic mass is 9.88. The third-order valence-electron chi connectivity index (χ3n) is 6.12. The number of aromatic amines is 1. The van der Waals surface area contributed by atoms with Crippen molar-refractivity contribution >= 4 is 16.8 Å². The molecule has 2 aromatic rings. The van der Waals surface area contributed by atoms with E-state index >= 15 is 0 Å². The average Bonchev–Trinajstić information content (AvgIpc) is 2.88. The predicted molar refractivity (Wildman–Crippen MR) is 108 cm³/mol. The van der Waals surface area contributed by atoms with Gasteiger partial charge in [0.15, 0.2) is 0 Å².